The standard InChI is InChI=1S/C30H48O3/c1-18-10-15-30(25(32)33)17-16-28(6)20(24(30)19(18)2)8-9-22-27(5)13-12-23(31)26(3,4)21(27)11-14-29(22,28)7/h8,18-19,21-24,31H,9-17H2,1-7H3,(H,32,33)/t18?,19-,21?,22?,23-,24-,27-,28?,29+,30-/m0/s1. The number of rotatable bonds is 1. The Morgan fingerprint density at radius 1 is 0.909 bits per heavy atom. The maximum Gasteiger partial charge on any atom is 0.310 e. The van der Waals surface area contributed by atoms with E-state index in [0.717, 1.165) is 44.9 Å². The normalized spacial score (nSPS) is 55.3. The number of carboxylic acids is 1. The summed E-state index contributed by atoms with van der Waals surface area (Å²) in [4.78, 5) is 12.8. The molecule has 0 bridgehead atoms. The average molecular weight is 457 g/mol. The quantitative estimate of drug-likeness (QED) is 0.414. The van der Waals surface area contributed by atoms with Crippen LogP contribution in [0, 0.1) is 56.7 Å². The fourth-order valence-electron chi connectivity index (χ4n) is 10.8. The van der Waals surface area contributed by atoms with Crippen LogP contribution in [0.5, 0.6) is 0 Å². The topological polar surface area (TPSA) is 57.5 Å². The van der Waals surface area contributed by atoms with Crippen molar-refractivity contribution in [1.82, 2.24) is 0 Å². The van der Waals surface area contributed by atoms with Crippen molar-refractivity contribution in [3.8, 4) is 0 Å². The van der Waals surface area contributed by atoms with Crippen LogP contribution in [-0.4, -0.2) is 22.3 Å². The summed E-state index contributed by atoms with van der Waals surface area (Å²) in [5.74, 6) is 1.82. The lowest BCUT2D eigenvalue weighted by Gasteiger charge is -2.71. The predicted molar refractivity (Wildman–Crippen MR) is 133 cm³/mol. The molecule has 0 aromatic heterocycles. The van der Waals surface area contributed by atoms with Gasteiger partial charge in [-0.25, -0.2) is 0 Å². The second kappa shape index (κ2) is 7.11. The smallest absolute Gasteiger partial charge is 0.310 e. The van der Waals surface area contributed by atoms with E-state index in [9.17, 15) is 15.0 Å². The Balaban J connectivity index is 1.61. The highest BCUT2D eigenvalue weighted by molar-refractivity contribution is 5.76. The molecule has 0 aromatic rings. The number of carbonyl (C=O) groups is 1. The molecule has 33 heavy (non-hydrogen) atoms. The summed E-state index contributed by atoms with van der Waals surface area (Å²) in [6.07, 6.45) is 11.6. The van der Waals surface area contributed by atoms with E-state index in [-0.39, 0.29) is 33.7 Å². The summed E-state index contributed by atoms with van der Waals surface area (Å²) in [6.45, 7) is 17.0. The maximum atomic E-state index is 12.8. The average Bonchev–Trinajstić information content (AvgIpc) is 2.74. The molecule has 5 aliphatic carbocycles. The molecule has 3 heteroatoms. The Bertz CT molecular complexity index is 874. The Morgan fingerprint density at radius 2 is 1.61 bits per heavy atom. The number of hydrogen-bond donors (Lipinski definition) is 2. The zero-order valence-electron chi connectivity index (χ0n) is 22.2. The molecule has 4 saturated carbocycles. The molecule has 186 valence electrons. The van der Waals surface area contributed by atoms with Gasteiger partial charge in [0.1, 0.15) is 0 Å². The van der Waals surface area contributed by atoms with Crippen LogP contribution in [0.15, 0.2) is 11.6 Å². The molecular formula is C30H48O3. The summed E-state index contributed by atoms with van der Waals surface area (Å²) in [5, 5.41) is 21.4. The van der Waals surface area contributed by atoms with Crippen molar-refractivity contribution in [2.75, 3.05) is 0 Å². The molecule has 5 rings (SSSR count). The van der Waals surface area contributed by atoms with Crippen molar-refractivity contribution in [2.45, 2.75) is 112 Å². The highest BCUT2D eigenvalue weighted by atomic mass is 16.4. The first-order valence-corrected chi connectivity index (χ1v) is 13.9. The van der Waals surface area contributed by atoms with Crippen LogP contribution in [0.1, 0.15) is 106 Å². The van der Waals surface area contributed by atoms with Gasteiger partial charge >= 0.3 is 5.97 Å². The molecule has 3 nitrogen and oxygen atoms in total. The number of aliphatic hydroxyl groups is 1. The van der Waals surface area contributed by atoms with Gasteiger partial charge in [-0.15, -0.1) is 0 Å². The molecule has 5 aliphatic rings. The first-order chi connectivity index (χ1) is 15.3. The van der Waals surface area contributed by atoms with Crippen molar-refractivity contribution in [3.63, 3.8) is 0 Å². The minimum atomic E-state index is -0.557. The fourth-order valence-corrected chi connectivity index (χ4v) is 10.8. The van der Waals surface area contributed by atoms with Gasteiger partial charge in [-0.3, -0.25) is 4.79 Å². The molecule has 0 saturated heterocycles. The second-order valence-corrected chi connectivity index (χ2v) is 14.5. The Labute approximate surface area is 201 Å². The second-order valence-electron chi connectivity index (χ2n) is 14.5. The third kappa shape index (κ3) is 2.75. The third-order valence-electron chi connectivity index (χ3n) is 13.4. The summed E-state index contributed by atoms with van der Waals surface area (Å²) in [7, 11) is 0. The first kappa shape index (κ1) is 23.9. The summed E-state index contributed by atoms with van der Waals surface area (Å²) in [6, 6.07) is 0. The third-order valence-corrected chi connectivity index (χ3v) is 13.4. The van der Waals surface area contributed by atoms with E-state index < -0.39 is 11.4 Å². The number of fused-ring (bicyclic) bond motifs is 7. The maximum absolute atomic E-state index is 12.8. The monoisotopic (exact) mass is 456 g/mol. The van der Waals surface area contributed by atoms with Gasteiger partial charge in [0.2, 0.25) is 0 Å². The summed E-state index contributed by atoms with van der Waals surface area (Å²) in [5.41, 5.74) is 1.46. The van der Waals surface area contributed by atoms with Gasteiger partial charge in [0.25, 0.3) is 0 Å². The molecule has 2 N–H and O–H groups in total. The van der Waals surface area contributed by atoms with Crippen LogP contribution >= 0.6 is 0 Å². The van der Waals surface area contributed by atoms with Crippen molar-refractivity contribution in [2.24, 2.45) is 56.7 Å². The lowest BCUT2D eigenvalue weighted by atomic mass is 9.33. The van der Waals surface area contributed by atoms with E-state index >= 15 is 0 Å². The molecular weight excluding hydrogens is 408 g/mol. The number of carboxylic acid groups (broad SMARTS) is 1. The van der Waals surface area contributed by atoms with Crippen LogP contribution in [0.2, 0.25) is 0 Å². The van der Waals surface area contributed by atoms with Gasteiger partial charge in [-0.2, -0.15) is 0 Å². The SMILES string of the molecule is CC1CC[C@]2(C(=O)O)CCC3(C)C(=CCC4[C@@]5(C)CC[C@H](O)C(C)(C)C5CC[C@]43C)[C@@H]2[C@H]1C. The summed E-state index contributed by atoms with van der Waals surface area (Å²) >= 11 is 0. The van der Waals surface area contributed by atoms with Crippen molar-refractivity contribution >= 4 is 5.97 Å². The van der Waals surface area contributed by atoms with Gasteiger partial charge in [0.15, 0.2) is 0 Å². The van der Waals surface area contributed by atoms with Crippen molar-refractivity contribution in [3.05, 3.63) is 11.6 Å². The number of aliphatic hydroxyl groups excluding tert-OH is 1. The molecule has 0 heterocycles. The molecule has 0 aromatic carbocycles. The number of allylic oxidation sites excluding steroid dienone is 2. The predicted octanol–water partition coefficient (Wildman–Crippen LogP) is 7.09. The Morgan fingerprint density at radius 3 is 2.27 bits per heavy atom. The molecule has 4 fully saturated rings. The molecule has 10 atom stereocenters. The Hall–Kier alpha value is -0.830. The highest BCUT2D eigenvalue weighted by Gasteiger charge is 2.69. The zero-order valence-corrected chi connectivity index (χ0v) is 22.2. The lowest BCUT2D eigenvalue weighted by Crippen LogP contribution is -2.65. The van der Waals surface area contributed by atoms with E-state index in [1.807, 2.05) is 0 Å². The van der Waals surface area contributed by atoms with E-state index in [1.165, 1.54) is 18.4 Å². The highest BCUT2D eigenvalue weighted by Crippen LogP contribution is 2.75. The van der Waals surface area contributed by atoms with Gasteiger partial charge < -0.3 is 10.2 Å². The van der Waals surface area contributed by atoms with Gasteiger partial charge in [0, 0.05) is 0 Å². The van der Waals surface area contributed by atoms with Gasteiger partial charge in [-0.05, 0) is 109 Å². The van der Waals surface area contributed by atoms with Gasteiger partial charge in [-0.1, -0.05) is 60.1 Å². The van der Waals surface area contributed by atoms with Gasteiger partial charge in [0.05, 0.1) is 11.5 Å². The fraction of sp³-hybridized carbons (Fsp3) is 0.900. The Kier molecular flexibility index (Phi) is 5.15. The zero-order chi connectivity index (χ0) is 24.2. The molecule has 0 spiro atoms. The van der Waals surface area contributed by atoms with E-state index in [1.54, 1.807) is 0 Å². The van der Waals surface area contributed by atoms with Crippen LogP contribution in [-0.2, 0) is 4.79 Å². The minimum absolute atomic E-state index is 0.0302. The lowest BCUT2D eigenvalue weighted by molar-refractivity contribution is -0.206. The number of aliphatic carboxylic acids is 1. The minimum Gasteiger partial charge on any atom is -0.481 e. The molecule has 4 unspecified atom stereocenters. The largest absolute Gasteiger partial charge is 0.481 e. The van der Waals surface area contributed by atoms with Crippen LogP contribution in [0.3, 0.4) is 0 Å². The van der Waals surface area contributed by atoms with E-state index in [0.29, 0.717) is 23.7 Å². The first-order valence-electron chi connectivity index (χ1n) is 13.9. The van der Waals surface area contributed by atoms with Crippen molar-refractivity contribution in [1.29, 1.82) is 0 Å². The van der Waals surface area contributed by atoms with E-state index in [2.05, 4.69) is 54.5 Å². The summed E-state index contributed by atoms with van der Waals surface area (Å²) < 4.78 is 0. The van der Waals surface area contributed by atoms with Crippen LogP contribution in [0.25, 0.3) is 0 Å². The van der Waals surface area contributed by atoms with E-state index in [4.69, 9.17) is 0 Å². The van der Waals surface area contributed by atoms with Crippen LogP contribution < -0.4 is 0 Å². The van der Waals surface area contributed by atoms with Crippen LogP contribution in [0.4, 0.5) is 0 Å². The van der Waals surface area contributed by atoms with Crippen molar-refractivity contribution < 1.29 is 15.0 Å². The molecule has 0 aliphatic heterocycles. The molecule has 0 radical (unpaired) electrons. The number of hydrogen-bond acceptors (Lipinski definition) is 2. The molecule has 0 amide bonds.